The minimum Gasteiger partial charge on any atom is -0.423 e. The Morgan fingerprint density at radius 2 is 2.17 bits per heavy atom. The van der Waals surface area contributed by atoms with Gasteiger partial charge in [-0.25, -0.2) is 0 Å². The molecule has 4 heteroatoms. The van der Waals surface area contributed by atoms with Gasteiger partial charge >= 0.3 is 7.12 Å². The Balaban J connectivity index is 3.04. The molecule has 0 heterocycles. The zero-order valence-electron chi connectivity index (χ0n) is 6.73. The van der Waals surface area contributed by atoms with Crippen molar-refractivity contribution in [1.29, 1.82) is 0 Å². The third kappa shape index (κ3) is 1.72. The average molecular weight is 164 g/mol. The predicted molar refractivity (Wildman–Crippen MR) is 46.4 cm³/mol. The Morgan fingerprint density at radius 1 is 1.50 bits per heavy atom. The lowest BCUT2D eigenvalue weighted by Gasteiger charge is -2.05. The minimum absolute atomic E-state index is 0.451. The number of rotatable bonds is 3. The molecule has 12 heavy (non-hydrogen) atoms. The molecule has 1 aromatic carbocycles. The first-order valence-corrected chi connectivity index (χ1v) is 3.54. The molecule has 0 unspecified atom stereocenters. The summed E-state index contributed by atoms with van der Waals surface area (Å²) in [6.07, 6.45) is 0.692. The maximum Gasteiger partial charge on any atom is 0.491 e. The molecular weight excluding hydrogens is 155 g/mol. The van der Waals surface area contributed by atoms with Crippen LogP contribution in [0.5, 0.6) is 0 Å². The Hall–Kier alpha value is -1.13. The van der Waals surface area contributed by atoms with E-state index in [1.807, 2.05) is 0 Å². The molecular formula is C8H9BO3. The van der Waals surface area contributed by atoms with Crippen molar-refractivity contribution in [1.82, 2.24) is 0 Å². The van der Waals surface area contributed by atoms with E-state index in [-0.39, 0.29) is 0 Å². The summed E-state index contributed by atoms with van der Waals surface area (Å²) in [5.74, 6) is 0. The molecule has 3 nitrogen and oxygen atoms in total. The molecule has 0 bridgehead atoms. The lowest BCUT2D eigenvalue weighted by Crippen LogP contribution is -2.34. The Bertz CT molecular complexity index is 275. The van der Waals surface area contributed by atoms with Gasteiger partial charge in [0.05, 0.1) is 0 Å². The largest absolute Gasteiger partial charge is 0.491 e. The molecule has 0 radical (unpaired) electrons. The van der Waals surface area contributed by atoms with Crippen LogP contribution in [0.15, 0.2) is 24.3 Å². The molecule has 0 fully saturated rings. The second-order valence-corrected chi connectivity index (χ2v) is 2.33. The van der Waals surface area contributed by atoms with Gasteiger partial charge in [0.15, 0.2) is 0 Å². The summed E-state index contributed by atoms with van der Waals surface area (Å²) in [5, 5.41) is 9.26. The molecule has 0 saturated carbocycles. The highest BCUT2D eigenvalue weighted by molar-refractivity contribution is 6.61. The standard InChI is InChI=1S/C8H9BO3/c1-12-9(11)8-5-3-2-4-7(8)6-10/h2-6,11H,1H3. The predicted octanol–water partition coefficient (Wildman–Crippen LogP) is -0.167. The summed E-state index contributed by atoms with van der Waals surface area (Å²) < 4.78 is 4.68. The number of benzene rings is 1. The quantitative estimate of drug-likeness (QED) is 0.498. The number of carbonyl (C=O) groups is 1. The van der Waals surface area contributed by atoms with Gasteiger partial charge in [-0.1, -0.05) is 24.3 Å². The fourth-order valence-corrected chi connectivity index (χ4v) is 0.970. The average Bonchev–Trinajstić information content (AvgIpc) is 2.16. The van der Waals surface area contributed by atoms with E-state index in [2.05, 4.69) is 4.65 Å². The van der Waals surface area contributed by atoms with Crippen LogP contribution < -0.4 is 5.46 Å². The molecule has 0 amide bonds. The van der Waals surface area contributed by atoms with Gasteiger partial charge in [-0.3, -0.25) is 4.79 Å². The van der Waals surface area contributed by atoms with Crippen molar-refractivity contribution in [2.75, 3.05) is 7.11 Å². The molecule has 0 aliphatic carbocycles. The lowest BCUT2D eigenvalue weighted by molar-refractivity contribution is 0.112. The van der Waals surface area contributed by atoms with Crippen LogP contribution in [-0.4, -0.2) is 25.5 Å². The molecule has 0 spiro atoms. The van der Waals surface area contributed by atoms with Crippen molar-refractivity contribution >= 4 is 18.9 Å². The summed E-state index contributed by atoms with van der Waals surface area (Å²) in [6, 6.07) is 6.75. The molecule has 1 N–H and O–H groups in total. The van der Waals surface area contributed by atoms with Gasteiger partial charge in [0.1, 0.15) is 6.29 Å². The Morgan fingerprint density at radius 3 is 2.75 bits per heavy atom. The van der Waals surface area contributed by atoms with Gasteiger partial charge in [-0.15, -0.1) is 0 Å². The van der Waals surface area contributed by atoms with Crippen LogP contribution in [0.3, 0.4) is 0 Å². The molecule has 62 valence electrons. The fraction of sp³-hybridized carbons (Fsp3) is 0.125. The molecule has 0 aromatic heterocycles. The van der Waals surface area contributed by atoms with Crippen molar-refractivity contribution in [3.8, 4) is 0 Å². The monoisotopic (exact) mass is 164 g/mol. The van der Waals surface area contributed by atoms with E-state index in [1.165, 1.54) is 7.11 Å². The van der Waals surface area contributed by atoms with E-state index in [9.17, 15) is 9.82 Å². The number of aldehydes is 1. The summed E-state index contributed by atoms with van der Waals surface area (Å²) in [7, 11) is 0.359. The van der Waals surface area contributed by atoms with E-state index in [0.717, 1.165) is 0 Å². The van der Waals surface area contributed by atoms with E-state index in [0.29, 0.717) is 17.3 Å². The number of hydrogen-bond donors (Lipinski definition) is 1. The molecule has 0 atom stereocenters. The molecule has 1 aromatic rings. The maximum atomic E-state index is 10.5. The number of hydrogen-bond acceptors (Lipinski definition) is 3. The first-order valence-electron chi connectivity index (χ1n) is 3.54. The van der Waals surface area contributed by atoms with E-state index < -0.39 is 7.12 Å². The smallest absolute Gasteiger partial charge is 0.423 e. The minimum atomic E-state index is -1.02. The molecule has 0 aliphatic rings. The van der Waals surface area contributed by atoms with E-state index in [4.69, 9.17) is 0 Å². The third-order valence-corrected chi connectivity index (χ3v) is 1.61. The van der Waals surface area contributed by atoms with Crippen molar-refractivity contribution in [2.45, 2.75) is 0 Å². The normalized spacial score (nSPS) is 9.50. The SMILES string of the molecule is COB(O)c1ccccc1C=O. The molecule has 0 saturated heterocycles. The molecule has 1 rings (SSSR count). The van der Waals surface area contributed by atoms with Crippen molar-refractivity contribution in [3.63, 3.8) is 0 Å². The molecule has 0 aliphatic heterocycles. The van der Waals surface area contributed by atoms with Gasteiger partial charge in [-0.2, -0.15) is 0 Å². The first-order chi connectivity index (χ1) is 5.79. The van der Waals surface area contributed by atoms with Crippen molar-refractivity contribution in [3.05, 3.63) is 29.8 Å². The van der Waals surface area contributed by atoms with Crippen LogP contribution in [0.4, 0.5) is 0 Å². The maximum absolute atomic E-state index is 10.5. The Kier molecular flexibility index (Phi) is 3.02. The van der Waals surface area contributed by atoms with Gasteiger partial charge in [-0.05, 0) is 5.46 Å². The second-order valence-electron chi connectivity index (χ2n) is 2.33. The van der Waals surface area contributed by atoms with E-state index in [1.54, 1.807) is 24.3 Å². The number of carbonyl (C=O) groups excluding carboxylic acids is 1. The zero-order chi connectivity index (χ0) is 8.97. The van der Waals surface area contributed by atoms with Gasteiger partial charge in [0.2, 0.25) is 0 Å². The third-order valence-electron chi connectivity index (χ3n) is 1.61. The van der Waals surface area contributed by atoms with Gasteiger partial charge < -0.3 is 9.68 Å². The lowest BCUT2D eigenvalue weighted by atomic mass is 9.77. The van der Waals surface area contributed by atoms with Crippen LogP contribution in [0, 0.1) is 0 Å². The van der Waals surface area contributed by atoms with Crippen LogP contribution in [0.25, 0.3) is 0 Å². The van der Waals surface area contributed by atoms with Crippen LogP contribution in [0.2, 0.25) is 0 Å². The van der Waals surface area contributed by atoms with Crippen molar-refractivity contribution in [2.24, 2.45) is 0 Å². The first kappa shape index (κ1) is 8.97. The van der Waals surface area contributed by atoms with Gasteiger partial charge in [0, 0.05) is 12.7 Å². The highest BCUT2D eigenvalue weighted by Gasteiger charge is 2.17. The summed E-state index contributed by atoms with van der Waals surface area (Å²) in [6.45, 7) is 0. The Labute approximate surface area is 71.1 Å². The van der Waals surface area contributed by atoms with Crippen LogP contribution in [0.1, 0.15) is 10.4 Å². The van der Waals surface area contributed by atoms with Crippen LogP contribution in [-0.2, 0) is 4.65 Å². The van der Waals surface area contributed by atoms with Crippen LogP contribution >= 0.6 is 0 Å². The fourth-order valence-electron chi connectivity index (χ4n) is 0.970. The highest BCUT2D eigenvalue weighted by atomic mass is 16.5. The van der Waals surface area contributed by atoms with Gasteiger partial charge in [0.25, 0.3) is 0 Å². The second kappa shape index (κ2) is 4.04. The summed E-state index contributed by atoms with van der Waals surface area (Å²) in [4.78, 5) is 10.5. The summed E-state index contributed by atoms with van der Waals surface area (Å²) in [5.41, 5.74) is 0.946. The summed E-state index contributed by atoms with van der Waals surface area (Å²) >= 11 is 0. The van der Waals surface area contributed by atoms with E-state index >= 15 is 0 Å². The zero-order valence-corrected chi connectivity index (χ0v) is 6.73. The topological polar surface area (TPSA) is 46.5 Å². The van der Waals surface area contributed by atoms with Crippen molar-refractivity contribution < 1.29 is 14.5 Å². The highest BCUT2D eigenvalue weighted by Crippen LogP contribution is 1.93.